The van der Waals surface area contributed by atoms with Gasteiger partial charge in [-0.2, -0.15) is 0 Å². The summed E-state index contributed by atoms with van der Waals surface area (Å²) in [6, 6.07) is 3.45. The van der Waals surface area contributed by atoms with Crippen molar-refractivity contribution >= 4 is 33.4 Å². The van der Waals surface area contributed by atoms with Gasteiger partial charge in [-0.1, -0.05) is 68.8 Å². The second kappa shape index (κ2) is 13.0. The predicted molar refractivity (Wildman–Crippen MR) is 163 cm³/mol. The maximum Gasteiger partial charge on any atom is 0.317 e. The van der Waals surface area contributed by atoms with E-state index >= 15 is 4.39 Å². The molecule has 2 aliphatic heterocycles. The Bertz CT molecular complexity index is 1280. The smallest absolute Gasteiger partial charge is 0.317 e. The molecule has 0 saturated carbocycles. The highest BCUT2D eigenvalue weighted by molar-refractivity contribution is 7.88. The molecule has 228 valence electrons. The first kappa shape index (κ1) is 33.3. The van der Waals surface area contributed by atoms with Crippen molar-refractivity contribution in [2.75, 3.05) is 32.4 Å². The van der Waals surface area contributed by atoms with E-state index in [2.05, 4.69) is 32.7 Å². The molecule has 10 heteroatoms. The number of amides is 2. The van der Waals surface area contributed by atoms with E-state index < -0.39 is 27.3 Å². The van der Waals surface area contributed by atoms with Gasteiger partial charge in [-0.05, 0) is 62.8 Å². The van der Waals surface area contributed by atoms with Gasteiger partial charge in [0.1, 0.15) is 11.6 Å². The molecule has 0 bridgehead atoms. The zero-order chi connectivity index (χ0) is 30.8. The number of sulfonamides is 1. The van der Waals surface area contributed by atoms with Gasteiger partial charge in [0.05, 0.1) is 22.7 Å². The molecule has 3 rings (SSSR count). The number of allylic oxidation sites excluding steroid dienone is 2. The standard InChI is InChI=1S/C31H45ClFN3O4S/c1-8-10-21(2)31(22(3)37)24(19-30(4,5)6)20-36(28(31)25-11-9-12-26(32)27(25)33)29(38)34-16-13-23-14-17-35(18-15-23)41(7,39)40/h8-12,23-24,28H,1,13-20H2,2-7H3,(H,34,38). The summed E-state index contributed by atoms with van der Waals surface area (Å²) in [6.45, 7) is 15.1. The van der Waals surface area contributed by atoms with E-state index in [1.807, 2.05) is 6.92 Å². The lowest BCUT2D eigenvalue weighted by Gasteiger charge is -2.42. The molecule has 2 fully saturated rings. The molecule has 2 amide bonds. The van der Waals surface area contributed by atoms with Crippen LogP contribution in [0.4, 0.5) is 9.18 Å². The van der Waals surface area contributed by atoms with Gasteiger partial charge in [0.15, 0.2) is 0 Å². The third-order valence-corrected chi connectivity index (χ3v) is 10.3. The highest BCUT2D eigenvalue weighted by Crippen LogP contribution is 2.58. The van der Waals surface area contributed by atoms with Gasteiger partial charge in [0, 0.05) is 31.7 Å². The number of hydrogen-bond donors (Lipinski definition) is 1. The number of Topliss-reactive ketones (excluding diaryl/α,β-unsaturated/α-hetero) is 1. The summed E-state index contributed by atoms with van der Waals surface area (Å²) < 4.78 is 40.9. The highest BCUT2D eigenvalue weighted by Gasteiger charge is 2.60. The van der Waals surface area contributed by atoms with Crippen LogP contribution in [0.5, 0.6) is 0 Å². The Morgan fingerprint density at radius 2 is 1.85 bits per heavy atom. The van der Waals surface area contributed by atoms with E-state index in [0.29, 0.717) is 32.5 Å². The monoisotopic (exact) mass is 609 g/mol. The number of carbonyl (C=O) groups excluding carboxylic acids is 2. The molecule has 2 saturated heterocycles. The zero-order valence-electron chi connectivity index (χ0n) is 25.2. The van der Waals surface area contributed by atoms with Crippen LogP contribution in [0.15, 0.2) is 42.5 Å². The average Bonchev–Trinajstić information content (AvgIpc) is 3.19. The fourth-order valence-electron chi connectivity index (χ4n) is 6.89. The molecule has 0 radical (unpaired) electrons. The van der Waals surface area contributed by atoms with Gasteiger partial charge in [-0.25, -0.2) is 21.9 Å². The first-order valence-corrected chi connectivity index (χ1v) is 16.5. The fourth-order valence-corrected chi connectivity index (χ4v) is 7.95. The Balaban J connectivity index is 1.96. The van der Waals surface area contributed by atoms with Crippen molar-refractivity contribution in [3.05, 3.63) is 58.9 Å². The molecule has 1 aromatic rings. The second-order valence-corrected chi connectivity index (χ2v) is 15.2. The summed E-state index contributed by atoms with van der Waals surface area (Å²) in [5.74, 6) is -0.760. The number of ketones is 1. The van der Waals surface area contributed by atoms with Crippen LogP contribution in [0.25, 0.3) is 0 Å². The number of carbonyl (C=O) groups is 2. The Kier molecular flexibility index (Phi) is 10.5. The van der Waals surface area contributed by atoms with E-state index in [1.54, 1.807) is 29.2 Å². The molecule has 1 N–H and O–H groups in total. The average molecular weight is 610 g/mol. The molecule has 0 aromatic heterocycles. The molecule has 41 heavy (non-hydrogen) atoms. The van der Waals surface area contributed by atoms with Crippen molar-refractivity contribution in [3.8, 4) is 0 Å². The van der Waals surface area contributed by atoms with Gasteiger partial charge in [-0.15, -0.1) is 0 Å². The lowest BCUT2D eigenvalue weighted by atomic mass is 9.60. The third kappa shape index (κ3) is 7.23. The van der Waals surface area contributed by atoms with Crippen molar-refractivity contribution in [1.29, 1.82) is 0 Å². The Morgan fingerprint density at radius 1 is 1.22 bits per heavy atom. The highest BCUT2D eigenvalue weighted by atomic mass is 35.5. The van der Waals surface area contributed by atoms with E-state index in [1.165, 1.54) is 23.6 Å². The summed E-state index contributed by atoms with van der Waals surface area (Å²) in [6.07, 6.45) is 7.44. The normalized spacial score (nSPS) is 24.9. The molecular weight excluding hydrogens is 565 g/mol. The molecule has 3 unspecified atom stereocenters. The van der Waals surface area contributed by atoms with Crippen LogP contribution in [0, 0.1) is 28.5 Å². The van der Waals surface area contributed by atoms with Crippen molar-refractivity contribution in [2.24, 2.45) is 22.7 Å². The number of halogens is 2. The number of urea groups is 1. The van der Waals surface area contributed by atoms with Crippen LogP contribution in [0.1, 0.15) is 71.9 Å². The topological polar surface area (TPSA) is 86.8 Å². The van der Waals surface area contributed by atoms with Gasteiger partial charge >= 0.3 is 6.03 Å². The van der Waals surface area contributed by atoms with E-state index in [4.69, 9.17) is 11.6 Å². The number of nitrogens with one attached hydrogen (secondary N) is 1. The largest absolute Gasteiger partial charge is 0.338 e. The van der Waals surface area contributed by atoms with Crippen molar-refractivity contribution in [1.82, 2.24) is 14.5 Å². The van der Waals surface area contributed by atoms with Crippen LogP contribution in [0.3, 0.4) is 0 Å². The van der Waals surface area contributed by atoms with Crippen LogP contribution >= 0.6 is 11.6 Å². The SMILES string of the molecule is C=CC=C(C)C1(C(C)=O)C(CC(C)(C)C)CN(C(=O)NCCC2CCN(S(C)(=O)=O)CC2)C1c1cccc(Cl)c1F. The fraction of sp³-hybridized carbons (Fsp3) is 0.613. The number of piperidine rings is 1. The lowest BCUT2D eigenvalue weighted by Crippen LogP contribution is -2.46. The second-order valence-electron chi connectivity index (χ2n) is 12.8. The van der Waals surface area contributed by atoms with Crippen LogP contribution in [-0.2, 0) is 14.8 Å². The van der Waals surface area contributed by atoms with E-state index in [0.717, 1.165) is 18.4 Å². The zero-order valence-corrected chi connectivity index (χ0v) is 26.7. The quantitative estimate of drug-likeness (QED) is 0.330. The van der Waals surface area contributed by atoms with Crippen molar-refractivity contribution in [3.63, 3.8) is 0 Å². The van der Waals surface area contributed by atoms with Gasteiger partial charge in [0.25, 0.3) is 0 Å². The molecule has 7 nitrogen and oxygen atoms in total. The maximum atomic E-state index is 15.7. The Morgan fingerprint density at radius 3 is 2.39 bits per heavy atom. The molecule has 3 atom stereocenters. The molecule has 1 aromatic carbocycles. The number of benzene rings is 1. The Labute approximate surface area is 250 Å². The van der Waals surface area contributed by atoms with E-state index in [-0.39, 0.29) is 46.2 Å². The summed E-state index contributed by atoms with van der Waals surface area (Å²) in [5.41, 5.74) is -0.399. The predicted octanol–water partition coefficient (Wildman–Crippen LogP) is 6.37. The van der Waals surface area contributed by atoms with Crippen LogP contribution < -0.4 is 5.32 Å². The summed E-state index contributed by atoms with van der Waals surface area (Å²) in [5, 5.41) is 2.96. The first-order valence-electron chi connectivity index (χ1n) is 14.3. The molecule has 0 aliphatic carbocycles. The van der Waals surface area contributed by atoms with Crippen molar-refractivity contribution < 1.29 is 22.4 Å². The first-order chi connectivity index (χ1) is 19.0. The molecular formula is C31H45ClFN3O4S. The molecule has 2 aliphatic rings. The lowest BCUT2D eigenvalue weighted by molar-refractivity contribution is -0.128. The van der Waals surface area contributed by atoms with E-state index in [9.17, 15) is 18.0 Å². The van der Waals surface area contributed by atoms with Gasteiger partial charge in [0.2, 0.25) is 10.0 Å². The minimum Gasteiger partial charge on any atom is -0.338 e. The van der Waals surface area contributed by atoms with Crippen molar-refractivity contribution in [2.45, 2.75) is 66.3 Å². The number of likely N-dealkylation sites (tertiary alicyclic amines) is 1. The third-order valence-electron chi connectivity index (χ3n) is 8.67. The summed E-state index contributed by atoms with van der Waals surface area (Å²) in [4.78, 5) is 29.3. The number of nitrogens with zero attached hydrogens (tertiary/aromatic N) is 2. The summed E-state index contributed by atoms with van der Waals surface area (Å²) in [7, 11) is -3.20. The van der Waals surface area contributed by atoms with Crippen LogP contribution in [0.2, 0.25) is 5.02 Å². The molecule has 0 spiro atoms. The summed E-state index contributed by atoms with van der Waals surface area (Å²) >= 11 is 6.23. The molecule has 2 heterocycles. The number of rotatable bonds is 9. The minimum absolute atomic E-state index is 0.0645. The maximum absolute atomic E-state index is 15.7. The minimum atomic E-state index is -3.20. The van der Waals surface area contributed by atoms with Gasteiger partial charge in [-0.3, -0.25) is 4.79 Å². The van der Waals surface area contributed by atoms with Gasteiger partial charge < -0.3 is 10.2 Å². The number of hydrogen-bond acceptors (Lipinski definition) is 4. The Hall–Kier alpha value is -2.23. The van der Waals surface area contributed by atoms with Crippen LogP contribution in [-0.4, -0.2) is 61.9 Å².